The van der Waals surface area contributed by atoms with Crippen LogP contribution in [-0.2, 0) is 0 Å². The Labute approximate surface area is 82.7 Å². The first-order chi connectivity index (χ1) is 5.11. The molecule has 1 aromatic heterocycles. The van der Waals surface area contributed by atoms with E-state index in [0.717, 1.165) is 9.47 Å². The third-order valence-electron chi connectivity index (χ3n) is 1.17. The summed E-state index contributed by atoms with van der Waals surface area (Å²) in [5.74, 6) is 0. The van der Waals surface area contributed by atoms with Gasteiger partial charge in [-0.2, -0.15) is 0 Å². The molecular weight excluding hydrogens is 246 g/mol. The van der Waals surface area contributed by atoms with Crippen molar-refractivity contribution in [2.45, 2.75) is 0 Å². The molecule has 0 saturated heterocycles. The Morgan fingerprint density at radius 3 is 2.82 bits per heavy atom. The van der Waals surface area contributed by atoms with Crippen LogP contribution < -0.4 is 4.90 Å². The molecule has 0 bridgehead atoms. The minimum absolute atomic E-state index is 0.251. The smallest absolute Gasteiger partial charge is 0.283 e. The van der Waals surface area contributed by atoms with Gasteiger partial charge in [0, 0.05) is 16.9 Å². The lowest BCUT2D eigenvalue weighted by Gasteiger charge is -2.09. The zero-order valence-electron chi connectivity index (χ0n) is 5.74. The van der Waals surface area contributed by atoms with Crippen molar-refractivity contribution in [2.75, 3.05) is 11.9 Å². The van der Waals surface area contributed by atoms with Gasteiger partial charge >= 0.3 is 0 Å². The molecule has 0 spiro atoms. The number of hydrogen-bond acceptors (Lipinski definition) is 2. The minimum atomic E-state index is -0.251. The maximum Gasteiger partial charge on any atom is 0.283 e. The monoisotopic (exact) mass is 251 g/mol. The predicted octanol–water partition coefficient (Wildman–Crippen LogP) is 3.00. The van der Waals surface area contributed by atoms with Gasteiger partial charge in [0.2, 0.25) is 0 Å². The van der Waals surface area contributed by atoms with Crippen molar-refractivity contribution in [3.05, 3.63) is 15.9 Å². The third kappa shape index (κ3) is 2.21. The van der Waals surface area contributed by atoms with E-state index in [1.807, 2.05) is 11.4 Å². The van der Waals surface area contributed by atoms with E-state index in [2.05, 4.69) is 28.6 Å². The Kier molecular flexibility index (Phi) is 2.98. The lowest BCUT2D eigenvalue weighted by atomic mass is 10.6. The van der Waals surface area contributed by atoms with Gasteiger partial charge in [-0.3, -0.25) is 9.69 Å². The maximum atomic E-state index is 10.7. The van der Waals surface area contributed by atoms with Gasteiger partial charge in [-0.05, 0) is 22.0 Å². The fourth-order valence-electron chi connectivity index (χ4n) is 0.573. The molecule has 2 nitrogen and oxygen atoms in total. The van der Waals surface area contributed by atoms with Crippen LogP contribution in [0, 0.1) is 0 Å². The van der Waals surface area contributed by atoms with Gasteiger partial charge in [0.15, 0.2) is 0 Å². The molecule has 11 heavy (non-hydrogen) atoms. The number of carbonyl (C=O) groups is 1. The third-order valence-corrected chi connectivity index (χ3v) is 3.24. The molecule has 1 heterocycles. The van der Waals surface area contributed by atoms with Crippen LogP contribution in [0.25, 0.3) is 0 Å². The van der Waals surface area contributed by atoms with E-state index in [1.165, 1.54) is 16.2 Å². The highest BCUT2D eigenvalue weighted by atomic mass is 79.9. The van der Waals surface area contributed by atoms with Gasteiger partial charge in [-0.25, -0.2) is 0 Å². The van der Waals surface area contributed by atoms with Gasteiger partial charge in [-0.15, -0.1) is 11.3 Å². The van der Waals surface area contributed by atoms with Crippen LogP contribution in [0.3, 0.4) is 0 Å². The van der Waals surface area contributed by atoms with E-state index in [0.29, 0.717) is 0 Å². The quantitative estimate of drug-likeness (QED) is 0.762. The summed E-state index contributed by atoms with van der Waals surface area (Å²) >= 11 is 8.48. The number of anilines is 1. The molecule has 0 N–H and O–H groups in total. The van der Waals surface area contributed by atoms with Gasteiger partial charge in [0.1, 0.15) is 0 Å². The molecule has 1 aromatic rings. The van der Waals surface area contributed by atoms with Crippen LogP contribution in [0.4, 0.5) is 9.80 Å². The van der Waals surface area contributed by atoms with E-state index < -0.39 is 0 Å². The lowest BCUT2D eigenvalue weighted by molar-refractivity contribution is 0.266. The molecule has 0 radical (unpaired) electrons. The Morgan fingerprint density at radius 2 is 2.45 bits per heavy atom. The van der Waals surface area contributed by atoms with Gasteiger partial charge in [0.25, 0.3) is 5.24 Å². The normalized spacial score (nSPS) is 9.73. The highest BCUT2D eigenvalue weighted by Gasteiger charge is 2.07. The van der Waals surface area contributed by atoms with Crippen molar-refractivity contribution in [3.63, 3.8) is 0 Å². The van der Waals surface area contributed by atoms with Crippen molar-refractivity contribution in [2.24, 2.45) is 0 Å². The Hall–Kier alpha value is -0.0000000000000000833. The Bertz CT molecular complexity index is 273. The van der Waals surface area contributed by atoms with Crippen LogP contribution in [0.2, 0.25) is 0 Å². The topological polar surface area (TPSA) is 20.3 Å². The largest absolute Gasteiger partial charge is 0.298 e. The number of thiol groups is 1. The molecule has 0 aliphatic heterocycles. The van der Waals surface area contributed by atoms with Crippen molar-refractivity contribution >= 4 is 50.1 Å². The van der Waals surface area contributed by atoms with E-state index >= 15 is 0 Å². The first-order valence-corrected chi connectivity index (χ1v) is 4.94. The van der Waals surface area contributed by atoms with Gasteiger partial charge < -0.3 is 0 Å². The molecule has 0 saturated carbocycles. The van der Waals surface area contributed by atoms with Crippen LogP contribution in [-0.4, -0.2) is 12.3 Å². The Balaban J connectivity index is 2.84. The molecule has 0 atom stereocenters. The molecule has 0 aromatic carbocycles. The number of amides is 1. The Morgan fingerprint density at radius 1 is 1.82 bits per heavy atom. The molecule has 60 valence electrons. The number of thiophene rings is 1. The second kappa shape index (κ2) is 3.60. The summed E-state index contributed by atoms with van der Waals surface area (Å²) in [7, 11) is 1.69. The van der Waals surface area contributed by atoms with E-state index in [-0.39, 0.29) is 5.24 Å². The van der Waals surface area contributed by atoms with Crippen LogP contribution in [0.15, 0.2) is 15.9 Å². The summed E-state index contributed by atoms with van der Waals surface area (Å²) < 4.78 is 0.985. The molecule has 0 fully saturated rings. The molecule has 1 rings (SSSR count). The summed E-state index contributed by atoms with van der Waals surface area (Å²) in [4.78, 5) is 12.2. The van der Waals surface area contributed by atoms with E-state index in [4.69, 9.17) is 0 Å². The zero-order chi connectivity index (χ0) is 8.43. The summed E-state index contributed by atoms with van der Waals surface area (Å²) in [6.45, 7) is 0. The van der Waals surface area contributed by atoms with Crippen LogP contribution in [0.5, 0.6) is 0 Å². The highest BCUT2D eigenvalue weighted by molar-refractivity contribution is 9.10. The average molecular weight is 252 g/mol. The van der Waals surface area contributed by atoms with Gasteiger partial charge in [-0.1, -0.05) is 12.6 Å². The van der Waals surface area contributed by atoms with Crippen LogP contribution >= 0.6 is 39.9 Å². The SMILES string of the molecule is CN(C(=O)S)c1cc(Br)cs1. The first kappa shape index (κ1) is 9.09. The summed E-state index contributed by atoms with van der Waals surface area (Å²) in [5, 5.41) is 2.55. The second-order valence-corrected chi connectivity index (χ2v) is 4.13. The average Bonchev–Trinajstić information content (AvgIpc) is 2.34. The fraction of sp³-hybridized carbons (Fsp3) is 0.167. The highest BCUT2D eigenvalue weighted by Crippen LogP contribution is 2.27. The van der Waals surface area contributed by atoms with E-state index in [1.54, 1.807) is 7.05 Å². The second-order valence-electron chi connectivity index (χ2n) is 1.94. The lowest BCUT2D eigenvalue weighted by Crippen LogP contribution is -2.17. The van der Waals surface area contributed by atoms with Crippen molar-refractivity contribution < 1.29 is 4.79 Å². The molecule has 0 aliphatic carbocycles. The molecular formula is C6H6BrNOS2. The summed E-state index contributed by atoms with van der Waals surface area (Å²) in [6, 6.07) is 1.87. The van der Waals surface area contributed by atoms with Crippen molar-refractivity contribution in [3.8, 4) is 0 Å². The van der Waals surface area contributed by atoms with Crippen LogP contribution in [0.1, 0.15) is 0 Å². The number of nitrogens with zero attached hydrogens (tertiary/aromatic N) is 1. The number of hydrogen-bond donors (Lipinski definition) is 1. The summed E-state index contributed by atoms with van der Waals surface area (Å²) in [5.41, 5.74) is 0. The molecule has 0 unspecified atom stereocenters. The summed E-state index contributed by atoms with van der Waals surface area (Å²) in [6.07, 6.45) is 0. The fourth-order valence-corrected chi connectivity index (χ4v) is 2.13. The first-order valence-electron chi connectivity index (χ1n) is 2.82. The standard InChI is InChI=1S/C6H6BrNOS2/c1-8(6(9)10)5-2-4(7)3-11-5/h2-3H,1H3,(H,9,10). The number of rotatable bonds is 1. The van der Waals surface area contributed by atoms with E-state index in [9.17, 15) is 4.79 Å². The minimum Gasteiger partial charge on any atom is -0.298 e. The molecule has 0 aliphatic rings. The van der Waals surface area contributed by atoms with Gasteiger partial charge in [0.05, 0.1) is 5.00 Å². The maximum absolute atomic E-state index is 10.7. The molecule has 1 amide bonds. The van der Waals surface area contributed by atoms with Crippen molar-refractivity contribution in [1.29, 1.82) is 0 Å². The molecule has 5 heteroatoms. The number of carbonyl (C=O) groups excluding carboxylic acids is 1. The predicted molar refractivity (Wildman–Crippen MR) is 54.8 cm³/mol. The number of halogens is 1. The van der Waals surface area contributed by atoms with Crippen molar-refractivity contribution in [1.82, 2.24) is 0 Å². The zero-order valence-corrected chi connectivity index (χ0v) is 9.04.